The van der Waals surface area contributed by atoms with Crippen molar-refractivity contribution >= 4 is 29.3 Å². The average Bonchev–Trinajstić information content (AvgIpc) is 2.88. The van der Waals surface area contributed by atoms with Crippen molar-refractivity contribution in [3.63, 3.8) is 0 Å². The van der Waals surface area contributed by atoms with Gasteiger partial charge in [-0.3, -0.25) is 9.59 Å². The molecule has 180 valence electrons. The molecule has 0 saturated heterocycles. The van der Waals surface area contributed by atoms with E-state index < -0.39 is 6.10 Å². The number of fused-ring (bicyclic) bond motifs is 1. The highest BCUT2D eigenvalue weighted by Crippen LogP contribution is 2.36. The molecule has 3 aromatic carbocycles. The molecule has 0 aromatic heterocycles. The van der Waals surface area contributed by atoms with Crippen molar-refractivity contribution in [2.24, 2.45) is 0 Å². The van der Waals surface area contributed by atoms with Crippen LogP contribution in [-0.2, 0) is 16.0 Å². The number of rotatable bonds is 8. The number of carbonyl (C=O) groups excluding carboxylic acids is 2. The molecule has 1 aliphatic rings. The summed E-state index contributed by atoms with van der Waals surface area (Å²) in [7, 11) is 3.13. The molecule has 2 amide bonds. The number of hydrogen-bond acceptors (Lipinski definition) is 5. The topological polar surface area (TPSA) is 77.1 Å². The van der Waals surface area contributed by atoms with Crippen molar-refractivity contribution in [3.05, 3.63) is 83.9 Å². The van der Waals surface area contributed by atoms with Crippen LogP contribution in [0.1, 0.15) is 18.1 Å². The van der Waals surface area contributed by atoms with Crippen molar-refractivity contribution in [3.8, 4) is 17.2 Å². The lowest BCUT2D eigenvalue weighted by atomic mass is 10.1. The maximum Gasteiger partial charge on any atom is 0.267 e. The van der Waals surface area contributed by atoms with Crippen molar-refractivity contribution in [2.75, 3.05) is 31.0 Å². The molecule has 1 N–H and O–H groups in total. The smallest absolute Gasteiger partial charge is 0.267 e. The second-order valence-electron chi connectivity index (χ2n) is 8.11. The number of ether oxygens (including phenoxy) is 3. The fourth-order valence-corrected chi connectivity index (χ4v) is 3.91. The van der Waals surface area contributed by atoms with Crippen LogP contribution in [0, 0.1) is 0 Å². The second kappa shape index (κ2) is 10.8. The zero-order valence-corrected chi connectivity index (χ0v) is 20.0. The minimum absolute atomic E-state index is 0.106. The van der Waals surface area contributed by atoms with Crippen LogP contribution in [0.2, 0.25) is 0 Å². The van der Waals surface area contributed by atoms with Crippen LogP contribution < -0.4 is 24.4 Å². The van der Waals surface area contributed by atoms with E-state index in [1.54, 1.807) is 62.5 Å². The third-order valence-corrected chi connectivity index (χ3v) is 5.74. The Hall–Kier alpha value is -4.26. The number of hydrogen-bond donors (Lipinski definition) is 1. The maximum atomic E-state index is 12.9. The fraction of sp³-hybridized carbons (Fsp3) is 0.214. The van der Waals surface area contributed by atoms with Crippen molar-refractivity contribution in [1.29, 1.82) is 0 Å². The number of amides is 2. The van der Waals surface area contributed by atoms with E-state index in [-0.39, 0.29) is 11.8 Å². The summed E-state index contributed by atoms with van der Waals surface area (Å²) < 4.78 is 16.3. The van der Waals surface area contributed by atoms with Gasteiger partial charge in [0.05, 0.1) is 19.9 Å². The Morgan fingerprint density at radius 2 is 1.80 bits per heavy atom. The van der Waals surface area contributed by atoms with E-state index in [9.17, 15) is 9.59 Å². The number of nitrogens with one attached hydrogen (secondary N) is 1. The van der Waals surface area contributed by atoms with Crippen LogP contribution in [0.3, 0.4) is 0 Å². The predicted molar refractivity (Wildman–Crippen MR) is 136 cm³/mol. The first-order chi connectivity index (χ1) is 17.0. The largest absolute Gasteiger partial charge is 0.493 e. The van der Waals surface area contributed by atoms with Gasteiger partial charge in [-0.2, -0.15) is 0 Å². The van der Waals surface area contributed by atoms with Crippen LogP contribution in [0.25, 0.3) is 6.08 Å². The highest BCUT2D eigenvalue weighted by molar-refractivity contribution is 6.04. The van der Waals surface area contributed by atoms with E-state index in [2.05, 4.69) is 5.32 Å². The molecule has 0 aliphatic carbocycles. The first kappa shape index (κ1) is 23.9. The molecule has 3 aromatic rings. The lowest BCUT2D eigenvalue weighted by Gasteiger charge is -2.33. The zero-order valence-electron chi connectivity index (χ0n) is 20.0. The number of carbonyl (C=O) groups is 2. The quantitative estimate of drug-likeness (QED) is 0.481. The summed E-state index contributed by atoms with van der Waals surface area (Å²) in [4.78, 5) is 27.2. The molecule has 0 radical (unpaired) electrons. The number of anilines is 2. The van der Waals surface area contributed by atoms with Crippen molar-refractivity contribution in [1.82, 2.24) is 0 Å². The first-order valence-electron chi connectivity index (χ1n) is 11.4. The summed E-state index contributed by atoms with van der Waals surface area (Å²) in [5.41, 5.74) is 3.15. The summed E-state index contributed by atoms with van der Waals surface area (Å²) >= 11 is 0. The number of benzene rings is 3. The normalized spacial score (nSPS) is 14.9. The summed E-state index contributed by atoms with van der Waals surface area (Å²) in [6, 6.07) is 20.7. The van der Waals surface area contributed by atoms with E-state index in [1.165, 1.54) is 6.08 Å². The Kier molecular flexibility index (Phi) is 7.35. The van der Waals surface area contributed by atoms with Gasteiger partial charge < -0.3 is 24.4 Å². The van der Waals surface area contributed by atoms with E-state index >= 15 is 0 Å². The zero-order chi connectivity index (χ0) is 24.8. The lowest BCUT2D eigenvalue weighted by molar-refractivity contribution is -0.125. The van der Waals surface area contributed by atoms with Crippen LogP contribution in [-0.4, -0.2) is 38.7 Å². The van der Waals surface area contributed by atoms with Gasteiger partial charge in [0.2, 0.25) is 5.91 Å². The molecule has 1 atom stereocenters. The average molecular weight is 473 g/mol. The molecule has 4 rings (SSSR count). The van der Waals surface area contributed by atoms with Crippen molar-refractivity contribution in [2.45, 2.75) is 19.4 Å². The molecule has 35 heavy (non-hydrogen) atoms. The molecule has 1 heterocycles. The summed E-state index contributed by atoms with van der Waals surface area (Å²) in [6.07, 6.45) is 3.28. The third kappa shape index (κ3) is 5.63. The molecule has 0 saturated carbocycles. The van der Waals surface area contributed by atoms with Gasteiger partial charge in [0, 0.05) is 18.3 Å². The molecule has 7 heteroatoms. The fourth-order valence-electron chi connectivity index (χ4n) is 3.91. The van der Waals surface area contributed by atoms with E-state index in [0.717, 1.165) is 11.1 Å². The van der Waals surface area contributed by atoms with Gasteiger partial charge in [-0.15, -0.1) is 0 Å². The Labute approximate surface area is 204 Å². The Morgan fingerprint density at radius 1 is 1.03 bits per heavy atom. The monoisotopic (exact) mass is 472 g/mol. The lowest BCUT2D eigenvalue weighted by Crippen LogP contribution is -2.45. The van der Waals surface area contributed by atoms with E-state index in [0.29, 0.717) is 41.6 Å². The Balaban J connectivity index is 1.48. The molecule has 0 fully saturated rings. The van der Waals surface area contributed by atoms with Gasteiger partial charge >= 0.3 is 0 Å². The van der Waals surface area contributed by atoms with Gasteiger partial charge in [0.25, 0.3) is 5.91 Å². The minimum Gasteiger partial charge on any atom is -0.493 e. The SMILES string of the molecule is COc1ccc(/C=C/C(=O)Nc2ccc3c(c2)N(CCc2ccccc2)C(=O)C(C)O3)cc1OC. The van der Waals surface area contributed by atoms with Crippen LogP contribution in [0.5, 0.6) is 17.2 Å². The third-order valence-electron chi connectivity index (χ3n) is 5.74. The van der Waals surface area contributed by atoms with E-state index in [1.807, 2.05) is 36.4 Å². The van der Waals surface area contributed by atoms with Crippen LogP contribution in [0.15, 0.2) is 72.8 Å². The molecule has 1 unspecified atom stereocenters. The van der Waals surface area contributed by atoms with Gasteiger partial charge in [-0.25, -0.2) is 0 Å². The highest BCUT2D eigenvalue weighted by Gasteiger charge is 2.31. The summed E-state index contributed by atoms with van der Waals surface area (Å²) in [5, 5.41) is 2.86. The van der Waals surface area contributed by atoms with Crippen molar-refractivity contribution < 1.29 is 23.8 Å². The van der Waals surface area contributed by atoms with E-state index in [4.69, 9.17) is 14.2 Å². The standard InChI is InChI=1S/C28H28N2O5/c1-19-28(32)30(16-15-20-7-5-4-6-8-20)23-18-22(11-13-24(23)35-19)29-27(31)14-10-21-9-12-25(33-2)26(17-21)34-3/h4-14,17-19H,15-16H2,1-3H3,(H,29,31)/b14-10+. The minimum atomic E-state index is -0.567. The second-order valence-corrected chi connectivity index (χ2v) is 8.11. The summed E-state index contributed by atoms with van der Waals surface area (Å²) in [6.45, 7) is 2.26. The summed E-state index contributed by atoms with van der Waals surface area (Å²) in [5.74, 6) is 1.41. The number of nitrogens with zero attached hydrogens (tertiary/aromatic N) is 1. The van der Waals surface area contributed by atoms with Gasteiger partial charge in [0.15, 0.2) is 17.6 Å². The first-order valence-corrected chi connectivity index (χ1v) is 11.4. The molecular formula is C28H28N2O5. The molecule has 7 nitrogen and oxygen atoms in total. The molecule has 1 aliphatic heterocycles. The Bertz CT molecular complexity index is 1240. The molecule has 0 bridgehead atoms. The highest BCUT2D eigenvalue weighted by atomic mass is 16.5. The van der Waals surface area contributed by atoms with Crippen LogP contribution in [0.4, 0.5) is 11.4 Å². The number of methoxy groups -OCH3 is 2. The molecule has 0 spiro atoms. The maximum absolute atomic E-state index is 12.9. The van der Waals surface area contributed by atoms with Gasteiger partial charge in [-0.1, -0.05) is 36.4 Å². The predicted octanol–water partition coefficient (Wildman–Crippen LogP) is 4.71. The van der Waals surface area contributed by atoms with Crippen LogP contribution >= 0.6 is 0 Å². The van der Waals surface area contributed by atoms with Gasteiger partial charge in [-0.05, 0) is 60.9 Å². The Morgan fingerprint density at radius 3 is 2.54 bits per heavy atom. The molecular weight excluding hydrogens is 444 g/mol. The van der Waals surface area contributed by atoms with Gasteiger partial charge in [0.1, 0.15) is 5.75 Å².